The maximum atomic E-state index is 12.4. The third-order valence-corrected chi connectivity index (χ3v) is 9.50. The molecule has 3 N–H and O–H groups in total. The van der Waals surface area contributed by atoms with Crippen molar-refractivity contribution in [2.75, 3.05) is 13.2 Å². The Kier molecular flexibility index (Phi) is 39.3. The summed E-state index contributed by atoms with van der Waals surface area (Å²) in [5.41, 5.74) is 0. The maximum Gasteiger partial charge on any atom is 0.469 e. The molecule has 0 aromatic rings. The van der Waals surface area contributed by atoms with Crippen LogP contribution in [0.1, 0.15) is 174 Å². The van der Waals surface area contributed by atoms with Gasteiger partial charge in [0.1, 0.15) is 6.61 Å². The Balaban J connectivity index is 4.13. The summed E-state index contributed by atoms with van der Waals surface area (Å²) < 4.78 is 26.2. The van der Waals surface area contributed by atoms with Gasteiger partial charge >= 0.3 is 19.8 Å². The van der Waals surface area contributed by atoms with E-state index in [1.54, 1.807) is 12.2 Å². The number of phosphoric ester groups is 1. The second kappa shape index (κ2) is 41.4. The Hall–Kier alpha value is -2.81. The topological polar surface area (TPSA) is 140 Å². The zero-order valence-electron chi connectivity index (χ0n) is 35.6. The van der Waals surface area contributed by atoms with E-state index in [0.29, 0.717) is 6.42 Å². The molecule has 0 aliphatic rings. The Labute approximate surface area is 346 Å². The van der Waals surface area contributed by atoms with Gasteiger partial charge in [-0.15, -0.1) is 0 Å². The molecule has 0 saturated heterocycles. The number of aliphatic hydroxyl groups excluding tert-OH is 1. The van der Waals surface area contributed by atoms with Gasteiger partial charge in [-0.3, -0.25) is 14.1 Å². The number of aliphatic hydroxyl groups is 1. The van der Waals surface area contributed by atoms with E-state index >= 15 is 0 Å². The molecule has 0 aromatic carbocycles. The first-order chi connectivity index (χ1) is 27.7. The van der Waals surface area contributed by atoms with Crippen LogP contribution in [0, 0.1) is 0 Å². The number of unbranched alkanes of at least 4 members (excludes halogenated alkanes) is 15. The minimum Gasteiger partial charge on any atom is -0.462 e. The van der Waals surface area contributed by atoms with Gasteiger partial charge < -0.3 is 24.4 Å². The molecule has 57 heavy (non-hydrogen) atoms. The van der Waals surface area contributed by atoms with Crippen molar-refractivity contribution in [3.8, 4) is 0 Å². The third-order valence-electron chi connectivity index (χ3n) is 9.02. The van der Waals surface area contributed by atoms with Crippen LogP contribution >= 0.6 is 7.82 Å². The number of allylic oxidation sites excluding steroid dienone is 13. The second-order valence-electron chi connectivity index (χ2n) is 14.5. The molecule has 0 aliphatic heterocycles. The predicted octanol–water partition coefficient (Wildman–Crippen LogP) is 12.6. The van der Waals surface area contributed by atoms with E-state index in [1.165, 1.54) is 83.5 Å². The van der Waals surface area contributed by atoms with Gasteiger partial charge in [-0.1, -0.05) is 176 Å². The molecule has 0 amide bonds. The maximum absolute atomic E-state index is 12.4. The Morgan fingerprint density at radius 1 is 0.561 bits per heavy atom. The Bertz CT molecular complexity index is 1210. The van der Waals surface area contributed by atoms with Crippen molar-refractivity contribution in [2.45, 2.75) is 187 Å². The minimum absolute atomic E-state index is 0.0862. The number of esters is 2. The van der Waals surface area contributed by atoms with E-state index in [0.717, 1.165) is 51.4 Å². The molecule has 9 nitrogen and oxygen atoms in total. The molecule has 0 heterocycles. The summed E-state index contributed by atoms with van der Waals surface area (Å²) in [7, 11) is -4.83. The number of carbonyl (C=O) groups is 2. The summed E-state index contributed by atoms with van der Waals surface area (Å²) in [6.07, 6.45) is 52.0. The molecule has 2 atom stereocenters. The van der Waals surface area contributed by atoms with E-state index < -0.39 is 38.6 Å². The van der Waals surface area contributed by atoms with Crippen molar-refractivity contribution in [3.05, 3.63) is 85.1 Å². The highest BCUT2D eigenvalue weighted by Crippen LogP contribution is 2.36. The van der Waals surface area contributed by atoms with Gasteiger partial charge in [0, 0.05) is 12.8 Å². The highest BCUT2D eigenvalue weighted by molar-refractivity contribution is 7.46. The van der Waals surface area contributed by atoms with Crippen LogP contribution in [0.2, 0.25) is 0 Å². The van der Waals surface area contributed by atoms with Crippen LogP contribution < -0.4 is 0 Å². The number of rotatable bonds is 39. The third kappa shape index (κ3) is 44.1. The van der Waals surface area contributed by atoms with Crippen LogP contribution in [-0.2, 0) is 28.2 Å². The number of phosphoric acid groups is 1. The van der Waals surface area contributed by atoms with Crippen LogP contribution in [-0.4, -0.2) is 52.3 Å². The van der Waals surface area contributed by atoms with Gasteiger partial charge in [0.25, 0.3) is 0 Å². The van der Waals surface area contributed by atoms with Crippen molar-refractivity contribution in [1.29, 1.82) is 0 Å². The van der Waals surface area contributed by atoms with E-state index in [2.05, 4.69) is 79.1 Å². The van der Waals surface area contributed by atoms with Gasteiger partial charge in [-0.25, -0.2) is 4.57 Å². The summed E-state index contributed by atoms with van der Waals surface area (Å²) in [5.74, 6) is -1.17. The van der Waals surface area contributed by atoms with E-state index in [9.17, 15) is 19.3 Å². The fourth-order valence-electron chi connectivity index (χ4n) is 5.71. The number of ether oxygens (including phenoxy) is 2. The first-order valence-corrected chi connectivity index (χ1v) is 23.5. The van der Waals surface area contributed by atoms with Crippen LogP contribution in [0.15, 0.2) is 85.1 Å². The van der Waals surface area contributed by atoms with Crippen LogP contribution in [0.5, 0.6) is 0 Å². The molecule has 0 saturated carbocycles. The van der Waals surface area contributed by atoms with Gasteiger partial charge in [0.05, 0.1) is 12.7 Å². The first-order valence-electron chi connectivity index (χ1n) is 22.0. The normalized spacial score (nSPS) is 13.8. The molecule has 1 unspecified atom stereocenters. The molecular formula is C47H79O9P. The van der Waals surface area contributed by atoms with Crippen LogP contribution in [0.4, 0.5) is 0 Å². The monoisotopic (exact) mass is 819 g/mol. The molecule has 0 spiro atoms. The van der Waals surface area contributed by atoms with Crippen molar-refractivity contribution in [3.63, 3.8) is 0 Å². The average molecular weight is 819 g/mol. The summed E-state index contributed by atoms with van der Waals surface area (Å²) in [5, 5.41) is 10.2. The summed E-state index contributed by atoms with van der Waals surface area (Å²) in [6.45, 7) is 3.36. The molecule has 0 bridgehead atoms. The fraction of sp³-hybridized carbons (Fsp3) is 0.660. The highest BCUT2D eigenvalue weighted by Gasteiger charge is 2.23. The summed E-state index contributed by atoms with van der Waals surface area (Å²) in [6, 6.07) is 0. The van der Waals surface area contributed by atoms with Crippen molar-refractivity contribution in [1.82, 2.24) is 0 Å². The summed E-state index contributed by atoms with van der Waals surface area (Å²) in [4.78, 5) is 42.9. The number of hydrogen-bond acceptors (Lipinski definition) is 7. The zero-order chi connectivity index (χ0) is 41.9. The molecule has 10 heteroatoms. The van der Waals surface area contributed by atoms with Gasteiger partial charge in [-0.2, -0.15) is 0 Å². The largest absolute Gasteiger partial charge is 0.469 e. The average Bonchev–Trinajstić information content (AvgIpc) is 3.18. The molecular weight excluding hydrogens is 739 g/mol. The second-order valence-corrected chi connectivity index (χ2v) is 15.7. The standard InChI is InChI=1S/C47H79O9P/c1-3-5-7-9-11-13-15-17-19-21-22-23-25-27-29-31-33-35-37-39-46(49)54-42-45(43-55-57(51,52)53)56-47(50)41-40-44(48)38-36-34-32-30-28-26-24-20-18-16-14-12-10-8-6-4-2/h6,8,12,14,17-20,26,28,32,34,36,38,44-45,48H,3-5,7,9-11,13,15-16,21-25,27,29-31,33,35,37,39-43H2,1-2H3,(H2,51,52,53)/b8-6-,14-12-,19-17-,20-18-,28-26-,34-32-,38-36-/t44?,45-/m1/s1. The van der Waals surface area contributed by atoms with E-state index in [4.69, 9.17) is 19.3 Å². The lowest BCUT2D eigenvalue weighted by molar-refractivity contribution is -0.161. The lowest BCUT2D eigenvalue weighted by Gasteiger charge is -2.18. The van der Waals surface area contributed by atoms with Crippen LogP contribution in [0.3, 0.4) is 0 Å². The van der Waals surface area contributed by atoms with Crippen LogP contribution in [0.25, 0.3) is 0 Å². The molecule has 0 rings (SSSR count). The van der Waals surface area contributed by atoms with Crippen molar-refractivity contribution >= 4 is 19.8 Å². The first kappa shape index (κ1) is 54.2. The van der Waals surface area contributed by atoms with Gasteiger partial charge in [0.2, 0.25) is 0 Å². The highest BCUT2D eigenvalue weighted by atomic mass is 31.2. The molecule has 0 radical (unpaired) electrons. The van der Waals surface area contributed by atoms with Crippen molar-refractivity contribution < 1.29 is 43.0 Å². The van der Waals surface area contributed by atoms with E-state index in [-0.39, 0.29) is 25.9 Å². The zero-order valence-corrected chi connectivity index (χ0v) is 36.5. The smallest absolute Gasteiger partial charge is 0.462 e. The van der Waals surface area contributed by atoms with Gasteiger partial charge in [0.15, 0.2) is 6.10 Å². The lowest BCUT2D eigenvalue weighted by Crippen LogP contribution is -2.29. The summed E-state index contributed by atoms with van der Waals surface area (Å²) >= 11 is 0. The predicted molar refractivity (Wildman–Crippen MR) is 236 cm³/mol. The number of carbonyl (C=O) groups excluding carboxylic acids is 2. The van der Waals surface area contributed by atoms with Gasteiger partial charge in [-0.05, 0) is 70.6 Å². The van der Waals surface area contributed by atoms with Crippen molar-refractivity contribution in [2.24, 2.45) is 0 Å². The Morgan fingerprint density at radius 2 is 1.05 bits per heavy atom. The fourth-order valence-corrected chi connectivity index (χ4v) is 6.07. The molecule has 0 aromatic heterocycles. The molecule has 326 valence electrons. The quantitative estimate of drug-likeness (QED) is 0.0182. The molecule has 0 aliphatic carbocycles. The van der Waals surface area contributed by atoms with E-state index in [1.807, 2.05) is 12.2 Å². The number of hydrogen-bond donors (Lipinski definition) is 3. The Morgan fingerprint density at radius 3 is 1.58 bits per heavy atom. The molecule has 0 fully saturated rings. The lowest BCUT2D eigenvalue weighted by atomic mass is 10.1. The minimum atomic E-state index is -4.83. The SMILES string of the molecule is CC/C=C\C/C=C\C/C=C\C/C=C\C/C=C\C=C/C(O)CCC(=O)O[C@H](COC(=O)CCCCCCCCCCC/C=C\CCCCCCCC)COP(=O)(O)O.